The standard InChI is InChI=1S/C22H21N5O2/c1-14(21(28)25-18-11-5-10-17-15(18)8-6-12-23-17)27(2)13-20-24-19-9-4-3-7-16(19)22(29)26-20/h3-12,14H,13H2,1-2H3,(H,25,28)(H,24,26,29)/t14-/m1/s1. The molecule has 2 aromatic heterocycles. The van der Waals surface area contributed by atoms with E-state index in [1.54, 1.807) is 24.4 Å². The maximum atomic E-state index is 12.8. The van der Waals surface area contributed by atoms with E-state index < -0.39 is 6.04 Å². The van der Waals surface area contributed by atoms with E-state index in [0.29, 0.717) is 23.3 Å². The first-order chi connectivity index (χ1) is 14.0. The number of aromatic nitrogens is 3. The fourth-order valence-corrected chi connectivity index (χ4v) is 3.23. The van der Waals surface area contributed by atoms with E-state index in [9.17, 15) is 9.59 Å². The number of fused-ring (bicyclic) bond motifs is 2. The molecule has 4 aromatic rings. The van der Waals surface area contributed by atoms with Gasteiger partial charge in [-0.3, -0.25) is 19.5 Å². The third-order valence-corrected chi connectivity index (χ3v) is 5.01. The Morgan fingerprint density at radius 1 is 1.07 bits per heavy atom. The van der Waals surface area contributed by atoms with Crippen LogP contribution in [0.25, 0.3) is 21.8 Å². The van der Waals surface area contributed by atoms with Gasteiger partial charge in [-0.25, -0.2) is 4.98 Å². The first-order valence-electron chi connectivity index (χ1n) is 9.36. The number of nitrogens with one attached hydrogen (secondary N) is 2. The summed E-state index contributed by atoms with van der Waals surface area (Å²) in [6.45, 7) is 2.16. The second-order valence-electron chi connectivity index (χ2n) is 6.99. The predicted octanol–water partition coefficient (Wildman–Crippen LogP) is 2.93. The highest BCUT2D eigenvalue weighted by Crippen LogP contribution is 2.21. The van der Waals surface area contributed by atoms with E-state index in [1.807, 2.05) is 55.3 Å². The average molecular weight is 387 g/mol. The molecule has 0 radical (unpaired) electrons. The van der Waals surface area contributed by atoms with Gasteiger partial charge in [0.15, 0.2) is 0 Å². The van der Waals surface area contributed by atoms with Crippen molar-refractivity contribution in [3.05, 3.63) is 77.0 Å². The maximum Gasteiger partial charge on any atom is 0.258 e. The first-order valence-corrected chi connectivity index (χ1v) is 9.36. The highest BCUT2D eigenvalue weighted by atomic mass is 16.2. The molecular weight excluding hydrogens is 366 g/mol. The molecule has 0 spiro atoms. The van der Waals surface area contributed by atoms with Gasteiger partial charge in [-0.15, -0.1) is 0 Å². The number of amides is 1. The van der Waals surface area contributed by atoms with Crippen molar-refractivity contribution < 1.29 is 4.79 Å². The van der Waals surface area contributed by atoms with Crippen molar-refractivity contribution in [2.24, 2.45) is 0 Å². The number of likely N-dealkylation sites (N-methyl/N-ethyl adjacent to an activating group) is 1. The Morgan fingerprint density at radius 2 is 1.83 bits per heavy atom. The Balaban J connectivity index is 1.51. The lowest BCUT2D eigenvalue weighted by Crippen LogP contribution is -2.39. The zero-order valence-corrected chi connectivity index (χ0v) is 16.2. The van der Waals surface area contributed by atoms with Gasteiger partial charge in [-0.05, 0) is 50.4 Å². The Bertz CT molecular complexity index is 1250. The van der Waals surface area contributed by atoms with Crippen LogP contribution in [0.3, 0.4) is 0 Å². The molecule has 1 atom stereocenters. The zero-order chi connectivity index (χ0) is 20.4. The average Bonchev–Trinajstić information content (AvgIpc) is 2.73. The van der Waals surface area contributed by atoms with Crippen molar-refractivity contribution in [3.63, 3.8) is 0 Å². The summed E-state index contributed by atoms with van der Waals surface area (Å²) in [6.07, 6.45) is 1.72. The monoisotopic (exact) mass is 387 g/mol. The lowest BCUT2D eigenvalue weighted by Gasteiger charge is -2.23. The van der Waals surface area contributed by atoms with Crippen LogP contribution in [0.5, 0.6) is 0 Å². The van der Waals surface area contributed by atoms with Crippen LogP contribution >= 0.6 is 0 Å². The molecule has 7 heteroatoms. The number of aromatic amines is 1. The van der Waals surface area contributed by atoms with Crippen molar-refractivity contribution in [2.45, 2.75) is 19.5 Å². The molecule has 0 aliphatic rings. The predicted molar refractivity (Wildman–Crippen MR) is 114 cm³/mol. The Hall–Kier alpha value is -3.58. The SMILES string of the molecule is C[C@H](C(=O)Nc1cccc2ncccc12)N(C)Cc1nc2ccccc2c(=O)[nH]1. The summed E-state index contributed by atoms with van der Waals surface area (Å²) in [7, 11) is 1.82. The molecule has 0 saturated heterocycles. The largest absolute Gasteiger partial charge is 0.324 e. The van der Waals surface area contributed by atoms with E-state index in [0.717, 1.165) is 16.6 Å². The fourth-order valence-electron chi connectivity index (χ4n) is 3.23. The van der Waals surface area contributed by atoms with Gasteiger partial charge in [0.1, 0.15) is 5.82 Å². The summed E-state index contributed by atoms with van der Waals surface area (Å²) in [5.74, 6) is 0.372. The number of rotatable bonds is 5. The van der Waals surface area contributed by atoms with Crippen LogP contribution < -0.4 is 10.9 Å². The number of nitrogens with zero attached hydrogens (tertiary/aromatic N) is 3. The Labute approximate surface area is 167 Å². The van der Waals surface area contributed by atoms with Gasteiger partial charge >= 0.3 is 0 Å². The minimum Gasteiger partial charge on any atom is -0.324 e. The van der Waals surface area contributed by atoms with Gasteiger partial charge < -0.3 is 10.3 Å². The number of para-hydroxylation sites is 1. The summed E-state index contributed by atoms with van der Waals surface area (Å²) < 4.78 is 0. The van der Waals surface area contributed by atoms with Crippen LogP contribution in [0.2, 0.25) is 0 Å². The van der Waals surface area contributed by atoms with Gasteiger partial charge in [0.2, 0.25) is 5.91 Å². The molecular formula is C22H21N5O2. The number of anilines is 1. The van der Waals surface area contributed by atoms with Crippen molar-refractivity contribution in [3.8, 4) is 0 Å². The third kappa shape index (κ3) is 3.86. The first kappa shape index (κ1) is 18.8. The van der Waals surface area contributed by atoms with E-state index in [4.69, 9.17) is 0 Å². The summed E-state index contributed by atoms with van der Waals surface area (Å²) in [5.41, 5.74) is 2.00. The summed E-state index contributed by atoms with van der Waals surface area (Å²) in [5, 5.41) is 4.42. The van der Waals surface area contributed by atoms with Gasteiger partial charge in [0.25, 0.3) is 5.56 Å². The number of carbonyl (C=O) groups excluding carboxylic acids is 1. The number of carbonyl (C=O) groups is 1. The van der Waals surface area contributed by atoms with E-state index in [-0.39, 0.29) is 11.5 Å². The molecule has 0 aliphatic heterocycles. The van der Waals surface area contributed by atoms with Gasteiger partial charge in [-0.1, -0.05) is 18.2 Å². The van der Waals surface area contributed by atoms with Crippen LogP contribution in [0.15, 0.2) is 65.6 Å². The number of H-pyrrole nitrogens is 1. The van der Waals surface area contributed by atoms with Gasteiger partial charge in [0.05, 0.1) is 34.7 Å². The smallest absolute Gasteiger partial charge is 0.258 e. The number of benzene rings is 2. The zero-order valence-electron chi connectivity index (χ0n) is 16.2. The number of hydrogen-bond acceptors (Lipinski definition) is 5. The molecule has 0 bridgehead atoms. The molecule has 0 unspecified atom stereocenters. The van der Waals surface area contributed by atoms with E-state index in [1.165, 1.54) is 0 Å². The quantitative estimate of drug-likeness (QED) is 0.549. The molecule has 2 aromatic carbocycles. The highest BCUT2D eigenvalue weighted by molar-refractivity contribution is 6.02. The van der Waals surface area contributed by atoms with Crippen LogP contribution in [0.1, 0.15) is 12.7 Å². The fraction of sp³-hybridized carbons (Fsp3) is 0.182. The molecule has 4 rings (SSSR count). The van der Waals surface area contributed by atoms with Crippen molar-refractivity contribution in [1.29, 1.82) is 0 Å². The molecule has 7 nitrogen and oxygen atoms in total. The molecule has 1 amide bonds. The highest BCUT2D eigenvalue weighted by Gasteiger charge is 2.20. The van der Waals surface area contributed by atoms with Crippen molar-refractivity contribution in [1.82, 2.24) is 19.9 Å². The number of hydrogen-bond donors (Lipinski definition) is 2. The molecule has 2 N–H and O–H groups in total. The van der Waals surface area contributed by atoms with Crippen molar-refractivity contribution in [2.75, 3.05) is 12.4 Å². The van der Waals surface area contributed by atoms with Gasteiger partial charge in [-0.2, -0.15) is 0 Å². The molecule has 0 aliphatic carbocycles. The molecule has 2 heterocycles. The molecule has 0 saturated carbocycles. The summed E-state index contributed by atoms with van der Waals surface area (Å²) >= 11 is 0. The summed E-state index contributed by atoms with van der Waals surface area (Å²) in [4.78, 5) is 38.5. The minimum absolute atomic E-state index is 0.146. The lowest BCUT2D eigenvalue weighted by atomic mass is 10.1. The van der Waals surface area contributed by atoms with E-state index in [2.05, 4.69) is 20.3 Å². The second-order valence-corrected chi connectivity index (χ2v) is 6.99. The Kier molecular flexibility index (Phi) is 5.05. The van der Waals surface area contributed by atoms with E-state index >= 15 is 0 Å². The van der Waals surface area contributed by atoms with Crippen LogP contribution in [-0.2, 0) is 11.3 Å². The topological polar surface area (TPSA) is 91.0 Å². The summed E-state index contributed by atoms with van der Waals surface area (Å²) in [6, 6.07) is 16.2. The number of pyridine rings is 1. The third-order valence-electron chi connectivity index (χ3n) is 5.01. The van der Waals surface area contributed by atoms with Crippen molar-refractivity contribution >= 4 is 33.4 Å². The molecule has 29 heavy (non-hydrogen) atoms. The molecule has 146 valence electrons. The van der Waals surface area contributed by atoms with Crippen LogP contribution in [0.4, 0.5) is 5.69 Å². The van der Waals surface area contributed by atoms with Gasteiger partial charge in [0, 0.05) is 11.6 Å². The minimum atomic E-state index is -0.432. The Morgan fingerprint density at radius 3 is 2.69 bits per heavy atom. The maximum absolute atomic E-state index is 12.8. The normalized spacial score (nSPS) is 12.4. The van der Waals surface area contributed by atoms with Crippen LogP contribution in [0, 0.1) is 0 Å². The lowest BCUT2D eigenvalue weighted by molar-refractivity contribution is -0.120. The molecule has 0 fully saturated rings. The van der Waals surface area contributed by atoms with Crippen LogP contribution in [-0.4, -0.2) is 38.8 Å². The second kappa shape index (κ2) is 7.81.